The minimum Gasteiger partial charge on any atom is -0.394 e. The average Bonchev–Trinajstić information content (AvgIpc) is 3.58. The van der Waals surface area contributed by atoms with Crippen molar-refractivity contribution in [1.82, 2.24) is 10.2 Å². The number of nitrogens with one attached hydrogen (secondary N) is 2. The van der Waals surface area contributed by atoms with E-state index in [4.69, 9.17) is 4.74 Å². The maximum absolute atomic E-state index is 15.4. The molecule has 36 heavy (non-hydrogen) atoms. The third-order valence-electron chi connectivity index (χ3n) is 8.30. The lowest BCUT2D eigenvalue weighted by atomic mass is 9.95. The van der Waals surface area contributed by atoms with E-state index >= 15 is 4.11 Å². The van der Waals surface area contributed by atoms with Crippen LogP contribution in [0.25, 0.3) is 0 Å². The van der Waals surface area contributed by atoms with Crippen LogP contribution in [0.15, 0.2) is 24.3 Å². The summed E-state index contributed by atoms with van der Waals surface area (Å²) in [7, 11) is -3.06. The lowest BCUT2D eigenvalue weighted by molar-refractivity contribution is -0.135. The minimum absolute atomic E-state index is 0.0114. The molecule has 3 heterocycles. The van der Waals surface area contributed by atoms with E-state index in [0.717, 1.165) is 56.3 Å². The summed E-state index contributed by atoms with van der Waals surface area (Å²) in [4.78, 5) is 27.1. The fraction of sp³-hybridized carbons (Fsp3) is 0.704. The van der Waals surface area contributed by atoms with Crippen LogP contribution in [0.1, 0.15) is 51.0 Å². The summed E-state index contributed by atoms with van der Waals surface area (Å²) >= 11 is 0. The molecule has 6 atom stereocenters. The first-order valence-corrected chi connectivity index (χ1v) is 16.5. The van der Waals surface area contributed by atoms with Gasteiger partial charge in [-0.05, 0) is 81.8 Å². The molecule has 0 radical (unpaired) electrons. The van der Waals surface area contributed by atoms with E-state index in [1.807, 2.05) is 24.3 Å². The summed E-state index contributed by atoms with van der Waals surface area (Å²) < 4.78 is 21.8. The highest BCUT2D eigenvalue weighted by atomic mass is 28.4. The lowest BCUT2D eigenvalue weighted by Crippen LogP contribution is -2.42. The average molecular weight is 520 g/mol. The number of anilines is 1. The summed E-state index contributed by atoms with van der Waals surface area (Å²) in [6.07, 6.45) is 4.83. The minimum atomic E-state index is -3.06. The standard InChI is InChI=1S/C27H42FN3O4Si/c1-18-23(13-10-19-8-11-20(12-9-19)30-27(34)22-7-4-14-29-22)35-24(26(18)36(2,3)28)16-25(33)31-15-5-6-21(31)17-32/h8-9,11-12,18,21-24,26,29,32H,4-7,10,13-17H2,1-3H3,(H,30,34)/t18-,21+,22-,23+,24-,26+/m1/s1. The zero-order valence-electron chi connectivity index (χ0n) is 21.8. The summed E-state index contributed by atoms with van der Waals surface area (Å²) in [5, 5.41) is 15.8. The molecular weight excluding hydrogens is 477 g/mol. The molecule has 1 aromatic carbocycles. The van der Waals surface area contributed by atoms with E-state index < -0.39 is 14.5 Å². The number of amides is 2. The molecule has 9 heteroatoms. The molecular formula is C27H42FN3O4Si. The first kappa shape index (κ1) is 27.2. The van der Waals surface area contributed by atoms with E-state index in [1.54, 1.807) is 18.0 Å². The highest BCUT2D eigenvalue weighted by molar-refractivity contribution is 6.72. The van der Waals surface area contributed by atoms with Gasteiger partial charge in [0.05, 0.1) is 37.3 Å². The zero-order chi connectivity index (χ0) is 25.9. The Bertz CT molecular complexity index is 903. The number of halogens is 1. The second kappa shape index (κ2) is 11.7. The van der Waals surface area contributed by atoms with Gasteiger partial charge >= 0.3 is 0 Å². The topological polar surface area (TPSA) is 90.9 Å². The van der Waals surface area contributed by atoms with E-state index in [9.17, 15) is 14.7 Å². The van der Waals surface area contributed by atoms with Gasteiger partial charge in [0.1, 0.15) is 0 Å². The molecule has 4 rings (SSSR count). The fourth-order valence-electron chi connectivity index (χ4n) is 6.42. The number of aliphatic hydroxyl groups excluding tert-OH is 1. The summed E-state index contributed by atoms with van der Waals surface area (Å²) in [6, 6.07) is 7.66. The Morgan fingerprint density at radius 2 is 1.94 bits per heavy atom. The molecule has 0 aliphatic carbocycles. The van der Waals surface area contributed by atoms with Gasteiger partial charge in [0.2, 0.25) is 20.2 Å². The SMILES string of the molecule is C[C@H]1[C@H]([Si](C)(C)F)[C@@H](CC(=O)N2CCC[C@H]2CO)O[C@H]1CCc1ccc(NC(=O)[C@H]2CCCN2)cc1. The van der Waals surface area contributed by atoms with Crippen molar-refractivity contribution < 1.29 is 23.5 Å². The predicted octanol–water partition coefficient (Wildman–Crippen LogP) is 3.63. The monoisotopic (exact) mass is 519 g/mol. The summed E-state index contributed by atoms with van der Waals surface area (Å²) in [5.74, 6) is 0.0227. The second-order valence-corrected chi connectivity index (χ2v) is 15.1. The molecule has 7 nitrogen and oxygen atoms in total. The number of hydrogen-bond acceptors (Lipinski definition) is 5. The van der Waals surface area contributed by atoms with Crippen LogP contribution in [-0.4, -0.2) is 74.2 Å². The molecule has 0 aromatic heterocycles. The number of aryl methyl sites for hydroxylation is 1. The third kappa shape index (κ3) is 6.35. The quantitative estimate of drug-likeness (QED) is 0.342. The lowest BCUT2D eigenvalue weighted by Gasteiger charge is -2.30. The Kier molecular flexibility index (Phi) is 8.86. The fourth-order valence-corrected chi connectivity index (χ4v) is 8.97. The smallest absolute Gasteiger partial charge is 0.246 e. The predicted molar refractivity (Wildman–Crippen MR) is 141 cm³/mol. The van der Waals surface area contributed by atoms with Gasteiger partial charge in [0.25, 0.3) is 0 Å². The van der Waals surface area contributed by atoms with Crippen LogP contribution >= 0.6 is 0 Å². The molecule has 3 aliphatic heterocycles. The van der Waals surface area contributed by atoms with Gasteiger partial charge in [-0.15, -0.1) is 0 Å². The molecule has 1 aromatic rings. The van der Waals surface area contributed by atoms with Crippen LogP contribution in [0.5, 0.6) is 0 Å². The van der Waals surface area contributed by atoms with Gasteiger partial charge < -0.3 is 29.5 Å². The van der Waals surface area contributed by atoms with Crippen molar-refractivity contribution >= 4 is 25.9 Å². The van der Waals surface area contributed by atoms with Crippen molar-refractivity contribution in [3.05, 3.63) is 29.8 Å². The van der Waals surface area contributed by atoms with Crippen molar-refractivity contribution in [1.29, 1.82) is 0 Å². The van der Waals surface area contributed by atoms with Crippen LogP contribution < -0.4 is 10.6 Å². The van der Waals surface area contributed by atoms with E-state index in [0.29, 0.717) is 6.54 Å². The summed E-state index contributed by atoms with van der Waals surface area (Å²) in [6.45, 7) is 7.03. The van der Waals surface area contributed by atoms with Crippen LogP contribution in [0.4, 0.5) is 9.80 Å². The molecule has 2 amide bonds. The highest BCUT2D eigenvalue weighted by Crippen LogP contribution is 2.47. The molecule has 200 valence electrons. The normalized spacial score (nSPS) is 30.6. The van der Waals surface area contributed by atoms with Gasteiger partial charge in [0.15, 0.2) is 0 Å². The number of aliphatic hydroxyl groups is 1. The van der Waals surface area contributed by atoms with Gasteiger partial charge in [-0.1, -0.05) is 19.1 Å². The highest BCUT2D eigenvalue weighted by Gasteiger charge is 2.52. The Balaban J connectivity index is 1.33. The maximum atomic E-state index is 15.4. The van der Waals surface area contributed by atoms with Crippen LogP contribution in [0.3, 0.4) is 0 Å². The molecule has 0 saturated carbocycles. The van der Waals surface area contributed by atoms with E-state index in [1.165, 1.54) is 0 Å². The van der Waals surface area contributed by atoms with Crippen molar-refractivity contribution in [3.8, 4) is 0 Å². The van der Waals surface area contributed by atoms with Gasteiger partial charge in [-0.2, -0.15) is 0 Å². The molecule has 3 aliphatic rings. The Morgan fingerprint density at radius 1 is 1.19 bits per heavy atom. The summed E-state index contributed by atoms with van der Waals surface area (Å²) in [5.41, 5.74) is 1.69. The van der Waals surface area contributed by atoms with E-state index in [-0.39, 0.29) is 54.5 Å². The number of ether oxygens (including phenoxy) is 1. The van der Waals surface area contributed by atoms with Crippen LogP contribution in [0.2, 0.25) is 18.6 Å². The van der Waals surface area contributed by atoms with Crippen molar-refractivity contribution in [2.45, 2.75) is 94.8 Å². The number of hydrogen-bond donors (Lipinski definition) is 3. The number of benzene rings is 1. The van der Waals surface area contributed by atoms with Gasteiger partial charge in [-0.25, -0.2) is 0 Å². The first-order valence-electron chi connectivity index (χ1n) is 13.5. The van der Waals surface area contributed by atoms with Crippen molar-refractivity contribution in [3.63, 3.8) is 0 Å². The van der Waals surface area contributed by atoms with Crippen LogP contribution in [0, 0.1) is 5.92 Å². The van der Waals surface area contributed by atoms with Crippen molar-refractivity contribution in [2.24, 2.45) is 5.92 Å². The number of carbonyl (C=O) groups excluding carboxylic acids is 2. The molecule has 3 N–H and O–H groups in total. The number of carbonyl (C=O) groups is 2. The molecule has 3 fully saturated rings. The molecule has 3 saturated heterocycles. The van der Waals surface area contributed by atoms with Crippen LogP contribution in [-0.2, 0) is 20.7 Å². The number of rotatable bonds is 9. The third-order valence-corrected chi connectivity index (χ3v) is 10.8. The Labute approximate surface area is 215 Å². The Morgan fingerprint density at radius 3 is 2.58 bits per heavy atom. The Hall–Kier alpha value is -1.81. The van der Waals surface area contributed by atoms with Gasteiger partial charge in [-0.3, -0.25) is 9.59 Å². The maximum Gasteiger partial charge on any atom is 0.246 e. The molecule has 0 unspecified atom stereocenters. The molecule has 0 bridgehead atoms. The largest absolute Gasteiger partial charge is 0.394 e. The molecule has 0 spiro atoms. The first-order chi connectivity index (χ1) is 17.2. The number of nitrogens with zero attached hydrogens (tertiary/aromatic N) is 1. The van der Waals surface area contributed by atoms with E-state index in [2.05, 4.69) is 17.6 Å². The van der Waals surface area contributed by atoms with Gasteiger partial charge in [0, 0.05) is 17.8 Å². The van der Waals surface area contributed by atoms with Crippen molar-refractivity contribution in [2.75, 3.05) is 25.0 Å². The second-order valence-electron chi connectivity index (χ2n) is 11.3. The number of likely N-dealkylation sites (tertiary alicyclic amines) is 1. The zero-order valence-corrected chi connectivity index (χ0v) is 22.8.